The van der Waals surface area contributed by atoms with Gasteiger partial charge in [0.25, 0.3) is 0 Å². The molecule has 1 amide bonds. The van der Waals surface area contributed by atoms with Crippen LogP contribution >= 0.6 is 0 Å². The average molecular weight is 260 g/mol. The highest BCUT2D eigenvalue weighted by Crippen LogP contribution is 2.35. The first-order valence-electron chi connectivity index (χ1n) is 7.02. The molecule has 2 fully saturated rings. The van der Waals surface area contributed by atoms with E-state index in [4.69, 9.17) is 0 Å². The number of piperidine rings is 1. The second kappa shape index (κ2) is 5.21. The highest BCUT2D eigenvalue weighted by Gasteiger charge is 2.43. The molecule has 19 heavy (non-hydrogen) atoms. The van der Waals surface area contributed by atoms with E-state index in [1.807, 2.05) is 18.2 Å². The molecular formula is C15H20N2O2. The van der Waals surface area contributed by atoms with Gasteiger partial charge in [0, 0.05) is 24.7 Å². The van der Waals surface area contributed by atoms with Gasteiger partial charge < -0.3 is 15.3 Å². The average Bonchev–Trinajstić information content (AvgIpc) is 2.70. The zero-order valence-corrected chi connectivity index (χ0v) is 11.0. The van der Waals surface area contributed by atoms with Crippen LogP contribution in [0.15, 0.2) is 30.3 Å². The van der Waals surface area contributed by atoms with Crippen molar-refractivity contribution in [3.8, 4) is 0 Å². The van der Waals surface area contributed by atoms with Gasteiger partial charge in [0.1, 0.15) is 0 Å². The van der Waals surface area contributed by atoms with E-state index in [-0.39, 0.29) is 12.1 Å². The molecule has 0 aliphatic carbocycles. The molecule has 1 aromatic rings. The molecule has 0 saturated carbocycles. The van der Waals surface area contributed by atoms with Crippen LogP contribution in [0.5, 0.6) is 0 Å². The number of rotatable bonds is 3. The summed E-state index contributed by atoms with van der Waals surface area (Å²) < 4.78 is 0. The predicted octanol–water partition coefficient (Wildman–Crippen LogP) is 2.45. The summed E-state index contributed by atoms with van der Waals surface area (Å²) in [4.78, 5) is 12.9. The fourth-order valence-electron chi connectivity index (χ4n) is 3.51. The van der Waals surface area contributed by atoms with Gasteiger partial charge in [-0.3, -0.25) is 0 Å². The number of benzene rings is 1. The van der Waals surface area contributed by atoms with Crippen LogP contribution in [0.25, 0.3) is 0 Å². The summed E-state index contributed by atoms with van der Waals surface area (Å²) in [5.41, 5.74) is 1.29. The zero-order chi connectivity index (χ0) is 13.2. The van der Waals surface area contributed by atoms with Gasteiger partial charge in [-0.05, 0) is 31.2 Å². The van der Waals surface area contributed by atoms with Crippen molar-refractivity contribution in [1.29, 1.82) is 0 Å². The monoisotopic (exact) mass is 260 g/mol. The molecule has 1 aromatic carbocycles. The summed E-state index contributed by atoms with van der Waals surface area (Å²) in [6.45, 7) is 0.873. The maximum atomic E-state index is 11.2. The third-order valence-electron chi connectivity index (χ3n) is 4.39. The molecule has 0 radical (unpaired) electrons. The van der Waals surface area contributed by atoms with E-state index in [9.17, 15) is 9.90 Å². The van der Waals surface area contributed by atoms with E-state index in [0.717, 1.165) is 32.2 Å². The van der Waals surface area contributed by atoms with Crippen molar-refractivity contribution in [3.05, 3.63) is 35.9 Å². The van der Waals surface area contributed by atoms with Crippen LogP contribution in [-0.2, 0) is 6.54 Å². The molecule has 4 nitrogen and oxygen atoms in total. The van der Waals surface area contributed by atoms with Gasteiger partial charge in [-0.2, -0.15) is 0 Å². The Kier molecular flexibility index (Phi) is 3.42. The molecule has 2 heterocycles. The first-order chi connectivity index (χ1) is 9.24. The van der Waals surface area contributed by atoms with Crippen LogP contribution in [0, 0.1) is 0 Å². The van der Waals surface area contributed by atoms with E-state index in [0.29, 0.717) is 6.04 Å². The van der Waals surface area contributed by atoms with Gasteiger partial charge in [0.05, 0.1) is 0 Å². The molecule has 2 saturated heterocycles. The molecule has 0 aromatic heterocycles. The van der Waals surface area contributed by atoms with Gasteiger partial charge in [0.15, 0.2) is 0 Å². The second-order valence-electron chi connectivity index (χ2n) is 5.61. The first kappa shape index (κ1) is 12.5. The summed E-state index contributed by atoms with van der Waals surface area (Å²) in [7, 11) is 0. The minimum absolute atomic E-state index is 0.226. The molecule has 102 valence electrons. The number of hydrogen-bond acceptors (Lipinski definition) is 2. The van der Waals surface area contributed by atoms with Crippen LogP contribution in [-0.4, -0.2) is 34.2 Å². The van der Waals surface area contributed by atoms with Gasteiger partial charge in [-0.1, -0.05) is 30.3 Å². The minimum atomic E-state index is -0.742. The molecule has 3 atom stereocenters. The Morgan fingerprint density at radius 2 is 1.84 bits per heavy atom. The molecule has 4 heteroatoms. The second-order valence-corrected chi connectivity index (χ2v) is 5.61. The van der Waals surface area contributed by atoms with Crippen LogP contribution in [0.2, 0.25) is 0 Å². The lowest BCUT2D eigenvalue weighted by Crippen LogP contribution is -2.50. The van der Waals surface area contributed by atoms with Crippen LogP contribution < -0.4 is 5.32 Å². The van der Waals surface area contributed by atoms with Crippen LogP contribution in [0.4, 0.5) is 4.79 Å². The molecule has 0 unspecified atom stereocenters. The summed E-state index contributed by atoms with van der Waals surface area (Å²) in [6, 6.07) is 11.3. The largest absolute Gasteiger partial charge is 0.465 e. The van der Waals surface area contributed by atoms with Crippen molar-refractivity contribution >= 4 is 6.09 Å². The smallest absolute Gasteiger partial charge is 0.407 e. The van der Waals surface area contributed by atoms with Gasteiger partial charge in [-0.15, -0.1) is 0 Å². The number of amides is 1. The zero-order valence-electron chi connectivity index (χ0n) is 11.0. The third-order valence-corrected chi connectivity index (χ3v) is 4.39. The third kappa shape index (κ3) is 2.59. The molecule has 2 aliphatic heterocycles. The SMILES string of the molecule is O=C(O)N1[C@@H]2CC[C@H]1C[C@H](NCc1ccccc1)C2. The number of fused-ring (bicyclic) bond motifs is 2. The van der Waals surface area contributed by atoms with Crippen molar-refractivity contribution < 1.29 is 9.90 Å². The van der Waals surface area contributed by atoms with Crippen molar-refractivity contribution in [2.24, 2.45) is 0 Å². The van der Waals surface area contributed by atoms with Crippen molar-refractivity contribution in [1.82, 2.24) is 10.2 Å². The van der Waals surface area contributed by atoms with Gasteiger partial charge >= 0.3 is 6.09 Å². The summed E-state index contributed by atoms with van der Waals surface area (Å²) in [5, 5.41) is 12.8. The van der Waals surface area contributed by atoms with Crippen molar-refractivity contribution in [2.75, 3.05) is 0 Å². The molecule has 3 rings (SSSR count). The fraction of sp³-hybridized carbons (Fsp3) is 0.533. The van der Waals surface area contributed by atoms with E-state index in [1.54, 1.807) is 4.90 Å². The highest BCUT2D eigenvalue weighted by molar-refractivity contribution is 5.66. The van der Waals surface area contributed by atoms with Crippen LogP contribution in [0.1, 0.15) is 31.2 Å². The Balaban J connectivity index is 1.57. The predicted molar refractivity (Wildman–Crippen MR) is 73.0 cm³/mol. The number of nitrogens with one attached hydrogen (secondary N) is 1. The quantitative estimate of drug-likeness (QED) is 0.877. The topological polar surface area (TPSA) is 52.6 Å². The Labute approximate surface area is 113 Å². The summed E-state index contributed by atoms with van der Waals surface area (Å²) in [6.07, 6.45) is 3.22. The Morgan fingerprint density at radius 3 is 2.42 bits per heavy atom. The number of nitrogens with zero attached hydrogens (tertiary/aromatic N) is 1. The molecule has 2 N–H and O–H groups in total. The van der Waals surface area contributed by atoms with Gasteiger partial charge in [0.2, 0.25) is 0 Å². The number of carbonyl (C=O) groups is 1. The maximum Gasteiger partial charge on any atom is 0.407 e. The first-order valence-corrected chi connectivity index (χ1v) is 7.02. The van der Waals surface area contributed by atoms with E-state index >= 15 is 0 Å². The molecule has 2 aliphatic rings. The highest BCUT2D eigenvalue weighted by atomic mass is 16.4. The number of hydrogen-bond donors (Lipinski definition) is 2. The van der Waals surface area contributed by atoms with Crippen LogP contribution in [0.3, 0.4) is 0 Å². The lowest BCUT2D eigenvalue weighted by Gasteiger charge is -2.37. The van der Waals surface area contributed by atoms with E-state index < -0.39 is 6.09 Å². The van der Waals surface area contributed by atoms with E-state index in [2.05, 4.69) is 17.4 Å². The van der Waals surface area contributed by atoms with Crippen molar-refractivity contribution in [3.63, 3.8) is 0 Å². The summed E-state index contributed by atoms with van der Waals surface area (Å²) in [5.74, 6) is 0. The Hall–Kier alpha value is -1.55. The lowest BCUT2D eigenvalue weighted by molar-refractivity contribution is 0.0919. The number of carboxylic acid groups (broad SMARTS) is 1. The standard InChI is InChI=1S/C15H20N2O2/c18-15(19)17-13-6-7-14(17)9-12(8-13)16-10-11-4-2-1-3-5-11/h1-5,12-14,16H,6-10H2,(H,18,19)/t12-,13-,14+. The summed E-state index contributed by atoms with van der Waals surface area (Å²) >= 11 is 0. The normalized spacial score (nSPS) is 29.5. The fourth-order valence-corrected chi connectivity index (χ4v) is 3.51. The molecule has 2 bridgehead atoms. The lowest BCUT2D eigenvalue weighted by atomic mass is 9.97. The minimum Gasteiger partial charge on any atom is -0.465 e. The van der Waals surface area contributed by atoms with Gasteiger partial charge in [-0.25, -0.2) is 4.79 Å². The van der Waals surface area contributed by atoms with E-state index in [1.165, 1.54) is 5.56 Å². The Morgan fingerprint density at radius 1 is 1.21 bits per heavy atom. The molecule has 0 spiro atoms. The Bertz CT molecular complexity index is 435. The van der Waals surface area contributed by atoms with Crippen molar-refractivity contribution in [2.45, 2.75) is 50.4 Å². The maximum absolute atomic E-state index is 11.2. The molecular weight excluding hydrogens is 240 g/mol.